The molecule has 3 rings (SSSR count). The van der Waals surface area contributed by atoms with Gasteiger partial charge in [-0.1, -0.05) is 6.92 Å². The summed E-state index contributed by atoms with van der Waals surface area (Å²) in [5.41, 5.74) is -0.548. The second-order valence-electron chi connectivity index (χ2n) is 7.32. The summed E-state index contributed by atoms with van der Waals surface area (Å²) in [6.45, 7) is 1.11. The highest BCUT2D eigenvalue weighted by Gasteiger charge is 2.51. The van der Waals surface area contributed by atoms with Gasteiger partial charge in [0.1, 0.15) is 0 Å². The number of pyridine rings is 1. The van der Waals surface area contributed by atoms with Crippen molar-refractivity contribution >= 4 is 11.6 Å². The number of carbonyl (C=O) groups excluding carboxylic acids is 1. The Hall–Kier alpha value is -1.83. The Morgan fingerprint density at radius 2 is 1.92 bits per heavy atom. The average molecular weight is 372 g/mol. The van der Waals surface area contributed by atoms with Crippen molar-refractivity contribution in [3.8, 4) is 5.88 Å². The fraction of sp³-hybridized carbons (Fsp3) is 0.667. The molecule has 1 saturated carbocycles. The van der Waals surface area contributed by atoms with Crippen LogP contribution in [-0.2, 0) is 4.79 Å². The molecule has 1 aliphatic heterocycles. The Morgan fingerprint density at radius 3 is 2.46 bits per heavy atom. The van der Waals surface area contributed by atoms with Gasteiger partial charge >= 0.3 is 6.18 Å². The normalized spacial score (nSPS) is 29.4. The largest absolute Gasteiger partial charge is 0.468 e. The molecule has 0 radical (unpaired) electrons. The van der Waals surface area contributed by atoms with Crippen LogP contribution in [0, 0.1) is 5.41 Å². The fourth-order valence-corrected chi connectivity index (χ4v) is 3.85. The summed E-state index contributed by atoms with van der Waals surface area (Å²) >= 11 is 0. The van der Waals surface area contributed by atoms with Crippen molar-refractivity contribution in [3.05, 3.63) is 18.3 Å². The molecule has 0 unspecified atom stereocenters. The van der Waals surface area contributed by atoms with Crippen LogP contribution in [-0.4, -0.2) is 40.9 Å². The number of alkyl halides is 3. The predicted molar refractivity (Wildman–Crippen MR) is 88.9 cm³/mol. The van der Waals surface area contributed by atoms with Gasteiger partial charge in [-0.2, -0.15) is 13.2 Å². The number of hydrogen-bond acceptors (Lipinski definition) is 4. The molecule has 1 amide bonds. The van der Waals surface area contributed by atoms with E-state index in [0.29, 0.717) is 44.3 Å². The molecule has 2 fully saturated rings. The molecule has 0 aromatic carbocycles. The third-order valence-corrected chi connectivity index (χ3v) is 5.72. The lowest BCUT2D eigenvalue weighted by atomic mass is 9.67. The number of aromatic nitrogens is 1. The molecule has 2 aliphatic rings. The molecule has 1 saturated heterocycles. The summed E-state index contributed by atoms with van der Waals surface area (Å²) in [5, 5.41) is 10.4. The molecule has 8 heteroatoms. The number of anilines is 1. The van der Waals surface area contributed by atoms with Gasteiger partial charge in [0.25, 0.3) is 0 Å². The molecule has 1 N–H and O–H groups in total. The monoisotopic (exact) mass is 372 g/mol. The van der Waals surface area contributed by atoms with Gasteiger partial charge in [-0.15, -0.1) is 0 Å². The van der Waals surface area contributed by atoms with Gasteiger partial charge in [-0.3, -0.25) is 4.79 Å². The summed E-state index contributed by atoms with van der Waals surface area (Å²) in [6.07, 6.45) is 0.909. The third-order valence-electron chi connectivity index (χ3n) is 5.72. The van der Waals surface area contributed by atoms with Crippen LogP contribution in [0.2, 0.25) is 0 Å². The SMILES string of the molecule is CC[C@]1(O)CC[C@]2(CCN(c3ccc(OCC(F)(F)F)nc3)C2=O)CC1. The Kier molecular flexibility index (Phi) is 4.90. The van der Waals surface area contributed by atoms with E-state index in [4.69, 9.17) is 0 Å². The zero-order valence-corrected chi connectivity index (χ0v) is 14.7. The number of amides is 1. The molecule has 26 heavy (non-hydrogen) atoms. The van der Waals surface area contributed by atoms with E-state index in [0.717, 1.165) is 6.42 Å². The van der Waals surface area contributed by atoms with Crippen LogP contribution in [0.1, 0.15) is 45.4 Å². The number of halogens is 3. The van der Waals surface area contributed by atoms with Crippen molar-refractivity contribution in [1.82, 2.24) is 4.98 Å². The maximum atomic E-state index is 13.0. The first-order chi connectivity index (χ1) is 12.2. The van der Waals surface area contributed by atoms with Gasteiger partial charge in [0.05, 0.1) is 22.9 Å². The predicted octanol–water partition coefficient (Wildman–Crippen LogP) is 3.46. The topological polar surface area (TPSA) is 62.7 Å². The first-order valence-corrected chi connectivity index (χ1v) is 8.86. The second kappa shape index (κ2) is 6.72. The molecule has 1 aromatic rings. The zero-order valence-electron chi connectivity index (χ0n) is 14.7. The number of hydrogen-bond donors (Lipinski definition) is 1. The number of nitrogens with zero attached hydrogens (tertiary/aromatic N) is 2. The fourth-order valence-electron chi connectivity index (χ4n) is 3.85. The molecule has 144 valence electrons. The van der Waals surface area contributed by atoms with Crippen molar-refractivity contribution < 1.29 is 27.8 Å². The van der Waals surface area contributed by atoms with Crippen LogP contribution in [0.25, 0.3) is 0 Å². The minimum Gasteiger partial charge on any atom is -0.468 e. The van der Waals surface area contributed by atoms with E-state index in [1.165, 1.54) is 12.3 Å². The van der Waals surface area contributed by atoms with E-state index < -0.39 is 23.8 Å². The zero-order chi connectivity index (χ0) is 19.0. The minimum atomic E-state index is -4.42. The lowest BCUT2D eigenvalue weighted by Crippen LogP contribution is -2.43. The molecule has 1 aromatic heterocycles. The molecular formula is C18H23F3N2O3. The van der Waals surface area contributed by atoms with Crippen LogP contribution < -0.4 is 9.64 Å². The van der Waals surface area contributed by atoms with Gasteiger partial charge in [0.2, 0.25) is 11.8 Å². The van der Waals surface area contributed by atoms with Crippen LogP contribution in [0.5, 0.6) is 5.88 Å². The first kappa shape index (κ1) is 18.9. The maximum absolute atomic E-state index is 13.0. The number of ether oxygens (including phenoxy) is 1. The van der Waals surface area contributed by atoms with E-state index in [2.05, 4.69) is 9.72 Å². The molecule has 2 heterocycles. The number of aliphatic hydroxyl groups is 1. The van der Waals surface area contributed by atoms with Gasteiger partial charge in [0.15, 0.2) is 6.61 Å². The summed E-state index contributed by atoms with van der Waals surface area (Å²) < 4.78 is 41.1. The lowest BCUT2D eigenvalue weighted by Gasteiger charge is -2.40. The highest BCUT2D eigenvalue weighted by Crippen LogP contribution is 2.49. The number of rotatable bonds is 4. The van der Waals surface area contributed by atoms with Crippen molar-refractivity contribution in [2.75, 3.05) is 18.1 Å². The highest BCUT2D eigenvalue weighted by molar-refractivity contribution is 5.99. The van der Waals surface area contributed by atoms with E-state index in [9.17, 15) is 23.1 Å². The Morgan fingerprint density at radius 1 is 1.23 bits per heavy atom. The average Bonchev–Trinajstić information content (AvgIpc) is 2.93. The Bertz CT molecular complexity index is 653. The minimum absolute atomic E-state index is 0.0152. The highest BCUT2D eigenvalue weighted by atomic mass is 19.4. The van der Waals surface area contributed by atoms with E-state index in [1.54, 1.807) is 11.0 Å². The standard InChI is InChI=1S/C18H23F3N2O3/c1-2-17(25)7-5-16(6-8-17)9-10-23(15(16)24)13-3-4-14(22-11-13)26-12-18(19,20)21/h3-4,11,25H,2,5-10,12H2,1H3/t16-,17+. The summed E-state index contributed by atoms with van der Waals surface area (Å²) in [7, 11) is 0. The summed E-state index contributed by atoms with van der Waals surface area (Å²) in [5.74, 6) is -0.112. The maximum Gasteiger partial charge on any atom is 0.422 e. The van der Waals surface area contributed by atoms with Crippen LogP contribution in [0.3, 0.4) is 0 Å². The van der Waals surface area contributed by atoms with Gasteiger partial charge in [-0.05, 0) is 44.6 Å². The first-order valence-electron chi connectivity index (χ1n) is 8.86. The molecule has 5 nitrogen and oxygen atoms in total. The number of carbonyl (C=O) groups is 1. The van der Waals surface area contributed by atoms with Gasteiger partial charge in [-0.25, -0.2) is 4.98 Å². The van der Waals surface area contributed by atoms with Crippen LogP contribution in [0.4, 0.5) is 18.9 Å². The summed E-state index contributed by atoms with van der Waals surface area (Å²) in [6, 6.07) is 2.90. The molecular weight excluding hydrogens is 349 g/mol. The smallest absolute Gasteiger partial charge is 0.422 e. The molecule has 0 atom stereocenters. The quantitative estimate of drug-likeness (QED) is 0.879. The lowest BCUT2D eigenvalue weighted by molar-refractivity contribution is -0.154. The Labute approximate surface area is 150 Å². The Balaban J connectivity index is 1.65. The van der Waals surface area contributed by atoms with E-state index in [-0.39, 0.29) is 11.8 Å². The third kappa shape index (κ3) is 3.79. The van der Waals surface area contributed by atoms with Crippen molar-refractivity contribution in [3.63, 3.8) is 0 Å². The molecule has 0 bridgehead atoms. The molecule has 1 spiro atoms. The second-order valence-corrected chi connectivity index (χ2v) is 7.32. The van der Waals surface area contributed by atoms with Crippen molar-refractivity contribution in [1.29, 1.82) is 0 Å². The summed E-state index contributed by atoms with van der Waals surface area (Å²) in [4.78, 5) is 18.5. The van der Waals surface area contributed by atoms with Crippen LogP contribution >= 0.6 is 0 Å². The van der Waals surface area contributed by atoms with Crippen molar-refractivity contribution in [2.24, 2.45) is 5.41 Å². The van der Waals surface area contributed by atoms with Gasteiger partial charge < -0.3 is 14.7 Å². The van der Waals surface area contributed by atoms with Gasteiger partial charge in [0, 0.05) is 12.6 Å². The van der Waals surface area contributed by atoms with Crippen molar-refractivity contribution in [2.45, 2.75) is 57.2 Å². The molecule has 1 aliphatic carbocycles. The van der Waals surface area contributed by atoms with E-state index >= 15 is 0 Å². The van der Waals surface area contributed by atoms with Crippen LogP contribution in [0.15, 0.2) is 18.3 Å². The van der Waals surface area contributed by atoms with E-state index in [1.807, 2.05) is 6.92 Å².